The van der Waals surface area contributed by atoms with E-state index in [1.807, 2.05) is 0 Å². The van der Waals surface area contributed by atoms with Crippen molar-refractivity contribution in [1.29, 1.82) is 0 Å². The maximum absolute atomic E-state index is 13.9. The van der Waals surface area contributed by atoms with Crippen molar-refractivity contribution in [1.82, 2.24) is 9.13 Å². The molecule has 144 valence electrons. The molecule has 0 fully saturated rings. The van der Waals surface area contributed by atoms with Gasteiger partial charge in [0.25, 0.3) is 11.5 Å². The fourth-order valence-electron chi connectivity index (χ4n) is 2.20. The summed E-state index contributed by atoms with van der Waals surface area (Å²) in [6, 6.07) is 7.60. The van der Waals surface area contributed by atoms with Crippen molar-refractivity contribution in [2.45, 2.75) is 6.54 Å². The highest BCUT2D eigenvalue weighted by molar-refractivity contribution is 7.54. The van der Waals surface area contributed by atoms with Crippen LogP contribution in [0.25, 0.3) is 0 Å². The zero-order valence-corrected chi connectivity index (χ0v) is 15.6. The van der Waals surface area contributed by atoms with Gasteiger partial charge in [0.2, 0.25) is 5.82 Å². The van der Waals surface area contributed by atoms with Gasteiger partial charge in [-0.1, -0.05) is 30.4 Å². The number of benzene rings is 1. The fraction of sp³-hybridized carbons (Fsp3) is 0.235. The van der Waals surface area contributed by atoms with Crippen LogP contribution in [-0.4, -0.2) is 35.4 Å². The molecule has 0 unspecified atom stereocenters. The summed E-state index contributed by atoms with van der Waals surface area (Å²) in [6.45, 7) is -0.147. The second-order valence-corrected chi connectivity index (χ2v) is 7.67. The zero-order chi connectivity index (χ0) is 20.0. The maximum Gasteiger partial charge on any atom is 0.338 e. The normalized spacial score (nSPS) is 11.8. The Bertz CT molecular complexity index is 1000. The van der Waals surface area contributed by atoms with Crippen LogP contribution in [0.1, 0.15) is 10.4 Å². The Labute approximate surface area is 154 Å². The number of halogens is 1. The van der Waals surface area contributed by atoms with Crippen LogP contribution < -0.4 is 11.2 Å². The molecule has 0 N–H and O–H groups in total. The minimum absolute atomic E-state index is 0.0557. The van der Waals surface area contributed by atoms with Crippen molar-refractivity contribution in [3.63, 3.8) is 0 Å². The number of aromatic nitrogens is 2. The lowest BCUT2D eigenvalue weighted by Gasteiger charge is -2.11. The molecule has 1 aromatic carbocycles. The number of hydrogen-bond acceptors (Lipinski definition) is 6. The van der Waals surface area contributed by atoms with E-state index < -0.39 is 30.6 Å². The average Bonchev–Trinajstić information content (AvgIpc) is 2.69. The summed E-state index contributed by atoms with van der Waals surface area (Å²) in [6.07, 6.45) is 3.52. The molecular formula is C17H18FN2O6P. The van der Waals surface area contributed by atoms with Crippen LogP contribution in [0.5, 0.6) is 0 Å². The van der Waals surface area contributed by atoms with Crippen molar-refractivity contribution >= 4 is 13.5 Å². The monoisotopic (exact) mass is 396 g/mol. The van der Waals surface area contributed by atoms with Crippen LogP contribution in [0.2, 0.25) is 0 Å². The van der Waals surface area contributed by atoms with Crippen LogP contribution in [0.3, 0.4) is 0 Å². The van der Waals surface area contributed by atoms with Gasteiger partial charge < -0.3 is 9.05 Å². The molecule has 0 amide bonds. The molecule has 0 saturated heterocycles. The number of carbonyl (C=O) groups excluding carboxylic acids is 1. The SMILES string of the molecule is COP(=O)(C/C=C\Cn1cc(F)c(=O)n(C(=O)c2ccccc2)c1=O)OC. The lowest BCUT2D eigenvalue weighted by molar-refractivity contribution is 0.0946. The first-order valence-electron chi connectivity index (χ1n) is 7.80. The predicted molar refractivity (Wildman–Crippen MR) is 96.7 cm³/mol. The Morgan fingerprint density at radius 3 is 2.37 bits per heavy atom. The highest BCUT2D eigenvalue weighted by atomic mass is 31.2. The van der Waals surface area contributed by atoms with E-state index in [0.717, 1.165) is 10.8 Å². The smallest absolute Gasteiger partial charge is 0.312 e. The molecule has 2 aromatic rings. The number of rotatable bonds is 7. The summed E-state index contributed by atoms with van der Waals surface area (Å²) in [5.41, 5.74) is -2.23. The number of hydrogen-bond donors (Lipinski definition) is 0. The standard InChI is InChI=1S/C17H18FN2O6P/c1-25-27(24,26-2)11-7-6-10-19-12-14(18)16(22)20(17(19)23)15(21)13-8-4-3-5-9-13/h3-9,12H,10-11H2,1-2H3/b7-6-. The Balaban J connectivity index is 2.34. The lowest BCUT2D eigenvalue weighted by Crippen LogP contribution is -2.44. The summed E-state index contributed by atoms with van der Waals surface area (Å²) >= 11 is 0. The van der Waals surface area contributed by atoms with Crippen LogP contribution in [0.4, 0.5) is 4.39 Å². The first-order valence-corrected chi connectivity index (χ1v) is 9.53. The second-order valence-electron chi connectivity index (χ2n) is 5.35. The molecule has 0 aliphatic carbocycles. The number of allylic oxidation sites excluding steroid dienone is 2. The van der Waals surface area contributed by atoms with Gasteiger partial charge in [0, 0.05) is 26.3 Å². The van der Waals surface area contributed by atoms with Crippen molar-refractivity contribution in [3.8, 4) is 0 Å². The Kier molecular flexibility index (Phi) is 6.79. The van der Waals surface area contributed by atoms with E-state index >= 15 is 0 Å². The summed E-state index contributed by atoms with van der Waals surface area (Å²) < 4.78 is 36.5. The van der Waals surface area contributed by atoms with Gasteiger partial charge in [-0.3, -0.25) is 18.7 Å². The predicted octanol–water partition coefficient (Wildman–Crippen LogP) is 1.88. The number of nitrogens with zero attached hydrogens (tertiary/aromatic N) is 2. The molecule has 0 bridgehead atoms. The Hall–Kier alpha value is -2.61. The van der Waals surface area contributed by atoms with Crippen LogP contribution in [0.15, 0.2) is 58.3 Å². The number of carbonyl (C=O) groups is 1. The van der Waals surface area contributed by atoms with Crippen molar-refractivity contribution in [2.75, 3.05) is 20.4 Å². The van der Waals surface area contributed by atoms with Gasteiger partial charge in [-0.15, -0.1) is 0 Å². The molecule has 8 nitrogen and oxygen atoms in total. The lowest BCUT2D eigenvalue weighted by atomic mass is 10.2. The highest BCUT2D eigenvalue weighted by Crippen LogP contribution is 2.46. The first-order chi connectivity index (χ1) is 12.8. The molecule has 1 aromatic heterocycles. The van der Waals surface area contributed by atoms with E-state index in [4.69, 9.17) is 9.05 Å². The quantitative estimate of drug-likeness (QED) is 0.524. The molecule has 0 aliphatic heterocycles. The molecule has 10 heteroatoms. The average molecular weight is 396 g/mol. The Morgan fingerprint density at radius 1 is 1.15 bits per heavy atom. The summed E-state index contributed by atoms with van der Waals surface area (Å²) in [5, 5.41) is 0. The van der Waals surface area contributed by atoms with Gasteiger partial charge in [0.15, 0.2) is 0 Å². The largest absolute Gasteiger partial charge is 0.338 e. The van der Waals surface area contributed by atoms with Crippen molar-refractivity contribution in [2.24, 2.45) is 0 Å². The van der Waals surface area contributed by atoms with E-state index in [2.05, 4.69) is 0 Å². The third-order valence-electron chi connectivity index (χ3n) is 3.69. The molecule has 0 radical (unpaired) electrons. The van der Waals surface area contributed by atoms with Crippen LogP contribution in [0, 0.1) is 5.82 Å². The molecule has 0 atom stereocenters. The summed E-state index contributed by atoms with van der Waals surface area (Å²) in [4.78, 5) is 36.8. The van der Waals surface area contributed by atoms with Gasteiger partial charge in [-0.25, -0.2) is 4.79 Å². The van der Waals surface area contributed by atoms with Gasteiger partial charge in [-0.2, -0.15) is 8.96 Å². The van der Waals surface area contributed by atoms with E-state index in [-0.39, 0.29) is 22.8 Å². The van der Waals surface area contributed by atoms with Gasteiger partial charge >= 0.3 is 13.3 Å². The zero-order valence-electron chi connectivity index (χ0n) is 14.7. The molecule has 0 spiro atoms. The van der Waals surface area contributed by atoms with E-state index in [1.165, 1.54) is 38.5 Å². The highest BCUT2D eigenvalue weighted by Gasteiger charge is 2.19. The molecule has 1 heterocycles. The van der Waals surface area contributed by atoms with Crippen molar-refractivity contribution < 1.29 is 22.8 Å². The van der Waals surface area contributed by atoms with Gasteiger partial charge in [0.05, 0.1) is 12.4 Å². The minimum atomic E-state index is -3.25. The van der Waals surface area contributed by atoms with Gasteiger partial charge in [0.1, 0.15) is 0 Å². The van der Waals surface area contributed by atoms with E-state index in [0.29, 0.717) is 0 Å². The minimum Gasteiger partial charge on any atom is -0.312 e. The van der Waals surface area contributed by atoms with E-state index in [1.54, 1.807) is 18.2 Å². The first kappa shape index (κ1) is 20.7. The topological polar surface area (TPSA) is 96.6 Å². The van der Waals surface area contributed by atoms with Crippen molar-refractivity contribution in [3.05, 3.63) is 80.9 Å². The summed E-state index contributed by atoms with van der Waals surface area (Å²) in [5.74, 6) is -2.17. The molecule has 0 saturated carbocycles. The van der Waals surface area contributed by atoms with Gasteiger partial charge in [-0.05, 0) is 12.1 Å². The van der Waals surface area contributed by atoms with Crippen LogP contribution in [-0.2, 0) is 20.2 Å². The third-order valence-corrected chi connectivity index (χ3v) is 5.46. The molecule has 27 heavy (non-hydrogen) atoms. The summed E-state index contributed by atoms with van der Waals surface area (Å²) in [7, 11) is -0.776. The molecule has 0 aliphatic rings. The third kappa shape index (κ3) is 4.77. The molecule has 2 rings (SSSR count). The second kappa shape index (κ2) is 8.85. The van der Waals surface area contributed by atoms with Crippen LogP contribution >= 0.6 is 7.60 Å². The van der Waals surface area contributed by atoms with E-state index in [9.17, 15) is 23.3 Å². The molecular weight excluding hydrogens is 378 g/mol. The Morgan fingerprint density at radius 2 is 1.78 bits per heavy atom. The maximum atomic E-state index is 13.9. The fourth-order valence-corrected chi connectivity index (χ4v) is 3.06.